The number of aliphatic hydroxyl groups is 5. The van der Waals surface area contributed by atoms with Gasteiger partial charge < -0.3 is 35.2 Å². The molecule has 8 nitrogen and oxygen atoms in total. The second-order valence-electron chi connectivity index (χ2n) is 3.85. The molecule has 0 aromatic carbocycles. The van der Waals surface area contributed by atoms with Crippen LogP contribution in [0.5, 0.6) is 5.75 Å². The number of aryl methyl sites for hydroxylation is 1. The average molecular weight is 277 g/mol. The summed E-state index contributed by atoms with van der Waals surface area (Å²) in [4.78, 5) is 10.5. The van der Waals surface area contributed by atoms with E-state index in [1.807, 2.05) is 0 Å². The summed E-state index contributed by atoms with van der Waals surface area (Å²) in [6.45, 7) is -1.28. The molecule has 8 heteroatoms. The molecule has 0 saturated carbocycles. The highest BCUT2D eigenvalue weighted by Gasteiger charge is 2.22. The molecule has 0 amide bonds. The number of hydrogen-bond acceptors (Lipinski definition) is 7. The van der Waals surface area contributed by atoms with Crippen molar-refractivity contribution in [3.8, 4) is 5.75 Å². The fourth-order valence-electron chi connectivity index (χ4n) is 1.04. The predicted molar refractivity (Wildman–Crippen MR) is 65.5 cm³/mol. The Kier molecular flexibility index (Phi) is 7.96. The SMILES string of the molecule is Cn1ccc(=O)c(O)c1.OC[C@@H](O)C(O)[C@@H](O)CO. The molecular formula is C11H19NO7. The van der Waals surface area contributed by atoms with Gasteiger partial charge in [0.15, 0.2) is 5.75 Å². The van der Waals surface area contributed by atoms with Gasteiger partial charge in [0.2, 0.25) is 5.43 Å². The van der Waals surface area contributed by atoms with Crippen LogP contribution in [0.1, 0.15) is 0 Å². The molecule has 1 aromatic rings. The quantitative estimate of drug-likeness (QED) is 0.347. The van der Waals surface area contributed by atoms with Crippen molar-refractivity contribution in [3.05, 3.63) is 28.7 Å². The van der Waals surface area contributed by atoms with E-state index in [1.54, 1.807) is 17.8 Å². The first kappa shape index (κ1) is 17.6. The van der Waals surface area contributed by atoms with Crippen LogP contribution in [0.4, 0.5) is 0 Å². The van der Waals surface area contributed by atoms with E-state index in [-0.39, 0.29) is 11.2 Å². The third-order valence-electron chi connectivity index (χ3n) is 2.20. The highest BCUT2D eigenvalue weighted by molar-refractivity contribution is 5.14. The molecule has 0 bridgehead atoms. The van der Waals surface area contributed by atoms with Crippen LogP contribution in [0.2, 0.25) is 0 Å². The van der Waals surface area contributed by atoms with E-state index in [0.717, 1.165) is 0 Å². The van der Waals surface area contributed by atoms with Crippen molar-refractivity contribution >= 4 is 0 Å². The van der Waals surface area contributed by atoms with Crippen LogP contribution in [0.25, 0.3) is 0 Å². The van der Waals surface area contributed by atoms with Crippen LogP contribution in [0.3, 0.4) is 0 Å². The molecule has 3 atom stereocenters. The minimum absolute atomic E-state index is 0.208. The van der Waals surface area contributed by atoms with Gasteiger partial charge in [0.25, 0.3) is 0 Å². The molecule has 1 aromatic heterocycles. The topological polar surface area (TPSA) is 143 Å². The molecule has 1 heterocycles. The summed E-state index contributed by atoms with van der Waals surface area (Å²) in [6.07, 6.45) is -1.34. The standard InChI is InChI=1S/C6H7NO2.C5H12O5/c1-7-3-2-5(8)6(9)4-7;6-1-3(8)5(10)4(9)2-7/h2-4,9H,1H3;3-10H,1-2H2/t;3-,4+,5?. The van der Waals surface area contributed by atoms with Crippen LogP contribution in [-0.2, 0) is 7.05 Å². The van der Waals surface area contributed by atoms with Crippen LogP contribution in [0.15, 0.2) is 23.3 Å². The largest absolute Gasteiger partial charge is 0.503 e. The number of rotatable bonds is 4. The minimum atomic E-state index is -1.49. The minimum Gasteiger partial charge on any atom is -0.503 e. The second-order valence-corrected chi connectivity index (χ2v) is 3.85. The molecule has 0 spiro atoms. The third-order valence-corrected chi connectivity index (χ3v) is 2.20. The van der Waals surface area contributed by atoms with Crippen molar-refractivity contribution in [1.29, 1.82) is 0 Å². The van der Waals surface area contributed by atoms with Gasteiger partial charge in [-0.1, -0.05) is 0 Å². The molecule has 0 aliphatic carbocycles. The maximum absolute atomic E-state index is 10.5. The maximum atomic E-state index is 10.5. The van der Waals surface area contributed by atoms with E-state index in [1.165, 1.54) is 12.3 Å². The lowest BCUT2D eigenvalue weighted by molar-refractivity contribution is -0.0900. The predicted octanol–water partition coefficient (Wildman–Crippen LogP) is -2.86. The molecule has 19 heavy (non-hydrogen) atoms. The molecular weight excluding hydrogens is 258 g/mol. The zero-order chi connectivity index (χ0) is 15.0. The summed E-state index contributed by atoms with van der Waals surface area (Å²) in [5, 5.41) is 51.3. The Bertz CT molecular complexity index is 410. The van der Waals surface area contributed by atoms with E-state index in [0.29, 0.717) is 0 Å². The molecule has 1 unspecified atom stereocenters. The molecule has 0 aliphatic rings. The van der Waals surface area contributed by atoms with E-state index in [4.69, 9.17) is 30.6 Å². The normalized spacial score (nSPS) is 15.1. The van der Waals surface area contributed by atoms with Crippen LogP contribution >= 0.6 is 0 Å². The lowest BCUT2D eigenvalue weighted by atomic mass is 10.1. The molecule has 0 fully saturated rings. The number of aliphatic hydroxyl groups excluding tert-OH is 5. The van der Waals surface area contributed by atoms with Crippen molar-refractivity contribution in [2.75, 3.05) is 13.2 Å². The molecule has 6 N–H and O–H groups in total. The van der Waals surface area contributed by atoms with Crippen molar-refractivity contribution in [2.45, 2.75) is 18.3 Å². The van der Waals surface area contributed by atoms with E-state index < -0.39 is 31.5 Å². The molecule has 1 rings (SSSR count). The van der Waals surface area contributed by atoms with Crippen molar-refractivity contribution < 1.29 is 30.6 Å². The Balaban J connectivity index is 0.000000342. The van der Waals surface area contributed by atoms with Gasteiger partial charge in [-0.25, -0.2) is 0 Å². The van der Waals surface area contributed by atoms with Gasteiger partial charge in [-0.05, 0) is 0 Å². The average Bonchev–Trinajstić information content (AvgIpc) is 2.41. The summed E-state index contributed by atoms with van der Waals surface area (Å²) in [5.41, 5.74) is -0.340. The Hall–Kier alpha value is -1.45. The van der Waals surface area contributed by atoms with Crippen molar-refractivity contribution in [3.63, 3.8) is 0 Å². The number of pyridine rings is 1. The number of aromatic hydroxyl groups is 1. The summed E-state index contributed by atoms with van der Waals surface area (Å²) in [7, 11) is 1.74. The van der Waals surface area contributed by atoms with Gasteiger partial charge in [0, 0.05) is 25.5 Å². The maximum Gasteiger partial charge on any atom is 0.223 e. The highest BCUT2D eigenvalue weighted by Crippen LogP contribution is 1.98. The molecule has 0 saturated heterocycles. The fourth-order valence-corrected chi connectivity index (χ4v) is 1.04. The lowest BCUT2D eigenvalue weighted by Crippen LogP contribution is -2.41. The van der Waals surface area contributed by atoms with Crippen molar-refractivity contribution in [1.82, 2.24) is 4.57 Å². The van der Waals surface area contributed by atoms with Gasteiger partial charge in [-0.3, -0.25) is 4.79 Å². The zero-order valence-corrected chi connectivity index (χ0v) is 10.4. The third kappa shape index (κ3) is 6.32. The number of hydrogen-bond donors (Lipinski definition) is 6. The van der Waals surface area contributed by atoms with E-state index >= 15 is 0 Å². The van der Waals surface area contributed by atoms with E-state index in [9.17, 15) is 4.79 Å². The molecule has 0 radical (unpaired) electrons. The zero-order valence-electron chi connectivity index (χ0n) is 10.4. The second kappa shape index (κ2) is 8.62. The smallest absolute Gasteiger partial charge is 0.223 e. The van der Waals surface area contributed by atoms with E-state index in [2.05, 4.69) is 0 Å². The lowest BCUT2D eigenvalue weighted by Gasteiger charge is -2.19. The Morgan fingerprint density at radius 1 is 1.16 bits per heavy atom. The van der Waals surface area contributed by atoms with Gasteiger partial charge in [-0.15, -0.1) is 0 Å². The van der Waals surface area contributed by atoms with Crippen molar-refractivity contribution in [2.24, 2.45) is 7.05 Å². The van der Waals surface area contributed by atoms with Gasteiger partial charge in [0.05, 0.1) is 13.2 Å². The first-order valence-electron chi connectivity index (χ1n) is 5.44. The highest BCUT2D eigenvalue weighted by atomic mass is 16.4. The number of aromatic nitrogens is 1. The summed E-state index contributed by atoms with van der Waals surface area (Å²) in [5.74, 6) is -0.208. The Morgan fingerprint density at radius 3 is 1.95 bits per heavy atom. The monoisotopic (exact) mass is 277 g/mol. The molecule has 0 aliphatic heterocycles. The fraction of sp³-hybridized carbons (Fsp3) is 0.545. The number of nitrogens with zero attached hydrogens (tertiary/aromatic N) is 1. The summed E-state index contributed by atoms with van der Waals surface area (Å²) < 4.78 is 1.61. The summed E-state index contributed by atoms with van der Waals surface area (Å²) in [6, 6.07) is 1.31. The Labute approximate surface area is 109 Å². The van der Waals surface area contributed by atoms with Crippen LogP contribution in [-0.4, -0.2) is 66.7 Å². The first-order chi connectivity index (χ1) is 8.83. The van der Waals surface area contributed by atoms with Gasteiger partial charge in [-0.2, -0.15) is 0 Å². The molecule has 110 valence electrons. The Morgan fingerprint density at radius 2 is 1.63 bits per heavy atom. The van der Waals surface area contributed by atoms with Gasteiger partial charge in [0.1, 0.15) is 18.3 Å². The van der Waals surface area contributed by atoms with Gasteiger partial charge >= 0.3 is 0 Å². The van der Waals surface area contributed by atoms with Crippen LogP contribution in [0, 0.1) is 0 Å². The van der Waals surface area contributed by atoms with Crippen LogP contribution < -0.4 is 5.43 Å². The first-order valence-corrected chi connectivity index (χ1v) is 5.44. The summed E-state index contributed by atoms with van der Waals surface area (Å²) >= 11 is 0.